The van der Waals surface area contributed by atoms with Gasteiger partial charge in [-0.1, -0.05) is 0 Å². The molecule has 3 heteroatoms. The van der Waals surface area contributed by atoms with Crippen molar-refractivity contribution in [3.63, 3.8) is 0 Å². The summed E-state index contributed by atoms with van der Waals surface area (Å²) in [6.07, 6.45) is 0. The zero-order valence-corrected chi connectivity index (χ0v) is 11.9. The quantitative estimate of drug-likeness (QED) is 0.785. The third-order valence-electron chi connectivity index (χ3n) is 2.16. The van der Waals surface area contributed by atoms with E-state index in [9.17, 15) is 4.79 Å². The van der Waals surface area contributed by atoms with Crippen LogP contribution in [0.1, 0.15) is 33.3 Å². The first-order valence-electron chi connectivity index (χ1n) is 4.90. The van der Waals surface area contributed by atoms with E-state index >= 15 is 0 Å². The molecular weight excluding hydrogens is 302 g/mol. The third-order valence-corrected chi connectivity index (χ3v) is 3.12. The predicted octanol–water partition coefficient (Wildman–Crippen LogP) is 1.74. The summed E-state index contributed by atoms with van der Waals surface area (Å²) in [5, 5.41) is 2.82. The average Bonchev–Trinajstić information content (AvgIpc) is 2.05. The molecule has 0 atom stereocenters. The summed E-state index contributed by atoms with van der Waals surface area (Å²) in [6, 6.07) is 6.18. The van der Waals surface area contributed by atoms with Crippen molar-refractivity contribution in [3.8, 4) is 0 Å². The maximum atomic E-state index is 10.9. The van der Waals surface area contributed by atoms with Crippen molar-refractivity contribution in [1.82, 2.24) is 0 Å². The number of hydrogen-bond donors (Lipinski definition) is 1. The van der Waals surface area contributed by atoms with Crippen molar-refractivity contribution in [2.75, 3.05) is 5.32 Å². The Morgan fingerprint density at radius 1 is 1.33 bits per heavy atom. The van der Waals surface area contributed by atoms with Crippen molar-refractivity contribution >= 4 is 37.5 Å². The number of benzene rings is 1. The van der Waals surface area contributed by atoms with Gasteiger partial charge in [0.05, 0.1) is 0 Å². The van der Waals surface area contributed by atoms with Crippen molar-refractivity contribution in [1.29, 1.82) is 0 Å². The van der Waals surface area contributed by atoms with Gasteiger partial charge in [-0.3, -0.25) is 0 Å². The van der Waals surface area contributed by atoms with Crippen molar-refractivity contribution in [2.24, 2.45) is 0 Å². The molecule has 0 aromatic heterocycles. The monoisotopic (exact) mass is 320 g/mol. The van der Waals surface area contributed by atoms with Gasteiger partial charge in [-0.05, 0) is 0 Å². The molecule has 15 heavy (non-hydrogen) atoms. The van der Waals surface area contributed by atoms with Crippen LogP contribution in [0.25, 0.3) is 0 Å². The number of rotatable bonds is 1. The zero-order valence-electron chi connectivity index (χ0n) is 9.55. The van der Waals surface area contributed by atoms with Gasteiger partial charge in [-0.25, -0.2) is 0 Å². The molecule has 0 aliphatic heterocycles. The van der Waals surface area contributed by atoms with Gasteiger partial charge in [0.2, 0.25) is 0 Å². The molecule has 1 aromatic carbocycles. The fourth-order valence-electron chi connectivity index (χ4n) is 1.28. The molecule has 0 heterocycles. The summed E-state index contributed by atoms with van der Waals surface area (Å²) >= 11 is 1.94. The van der Waals surface area contributed by atoms with E-state index in [-0.39, 0.29) is 11.3 Å². The minimum atomic E-state index is -0.0247. The van der Waals surface area contributed by atoms with Crippen LogP contribution in [-0.4, -0.2) is 28.2 Å². The Balaban J connectivity index is 3.03. The molecule has 0 aliphatic rings. The van der Waals surface area contributed by atoms with Crippen LogP contribution >= 0.6 is 0 Å². The Bertz CT molecular complexity index is 380. The second-order valence-electron chi connectivity index (χ2n) is 4.64. The second-order valence-corrected chi connectivity index (χ2v) is 5.90. The molecule has 2 nitrogen and oxygen atoms in total. The predicted molar refractivity (Wildman–Crippen MR) is 64.8 cm³/mol. The molecule has 1 rings (SSSR count). The molecule has 1 amide bonds. The van der Waals surface area contributed by atoms with Crippen molar-refractivity contribution in [3.05, 3.63) is 23.8 Å². The van der Waals surface area contributed by atoms with Gasteiger partial charge in [-0.15, -0.1) is 0 Å². The van der Waals surface area contributed by atoms with Gasteiger partial charge in [0.1, 0.15) is 0 Å². The molecule has 0 saturated carbocycles. The summed E-state index contributed by atoms with van der Waals surface area (Å²) < 4.78 is 1.12. The Morgan fingerprint density at radius 2 is 1.93 bits per heavy atom. The van der Waals surface area contributed by atoms with E-state index < -0.39 is 0 Å². The van der Waals surface area contributed by atoms with Gasteiger partial charge in [0, 0.05) is 0 Å². The van der Waals surface area contributed by atoms with E-state index in [1.54, 1.807) is 0 Å². The van der Waals surface area contributed by atoms with Crippen LogP contribution in [0, 0.1) is 0 Å². The summed E-state index contributed by atoms with van der Waals surface area (Å²) in [4.78, 5) is 10.9. The summed E-state index contributed by atoms with van der Waals surface area (Å²) in [7, 11) is 0. The van der Waals surface area contributed by atoms with E-state index in [2.05, 4.69) is 38.2 Å². The Morgan fingerprint density at radius 3 is 2.33 bits per heavy atom. The van der Waals surface area contributed by atoms with Crippen LogP contribution in [-0.2, 0) is 10.2 Å². The van der Waals surface area contributed by atoms with Crippen molar-refractivity contribution in [2.45, 2.75) is 33.1 Å². The molecule has 0 saturated heterocycles. The van der Waals surface area contributed by atoms with Gasteiger partial charge < -0.3 is 0 Å². The molecule has 1 aromatic rings. The fourth-order valence-corrected chi connectivity index (χ4v) is 1.98. The topological polar surface area (TPSA) is 29.1 Å². The van der Waals surface area contributed by atoms with Gasteiger partial charge in [0.15, 0.2) is 0 Å². The van der Waals surface area contributed by atoms with Crippen molar-refractivity contribution < 1.29 is 4.79 Å². The van der Waals surface area contributed by atoms with E-state index in [4.69, 9.17) is 0 Å². The first-order chi connectivity index (χ1) is 6.80. The van der Waals surface area contributed by atoms with E-state index in [1.165, 1.54) is 12.5 Å². The number of nitrogens with one attached hydrogen (secondary N) is 1. The molecule has 1 radical (unpaired) electrons. The zero-order chi connectivity index (χ0) is 11.6. The van der Waals surface area contributed by atoms with Crippen LogP contribution in [0.5, 0.6) is 0 Å². The Kier molecular flexibility index (Phi) is 3.81. The molecule has 0 spiro atoms. The third kappa shape index (κ3) is 3.52. The minimum absolute atomic E-state index is 0.0247. The average molecular weight is 318 g/mol. The molecular formula is C12H16NOTe. The summed E-state index contributed by atoms with van der Waals surface area (Å²) in [5.41, 5.74) is 2.35. The first kappa shape index (κ1) is 12.5. The van der Waals surface area contributed by atoms with Crippen LogP contribution in [0.2, 0.25) is 0 Å². The SMILES string of the molecule is CC(=O)Nc1ccc(C(C)(C)C)cc1[Te]. The number of hydrogen-bond acceptors (Lipinski definition) is 1. The second kappa shape index (κ2) is 4.55. The molecule has 0 unspecified atom stereocenters. The van der Waals surface area contributed by atoms with Gasteiger partial charge >= 0.3 is 104 Å². The molecule has 81 valence electrons. The number of anilines is 1. The van der Waals surface area contributed by atoms with Crippen LogP contribution in [0.3, 0.4) is 0 Å². The van der Waals surface area contributed by atoms with Crippen LogP contribution in [0.4, 0.5) is 5.69 Å². The molecule has 1 N–H and O–H groups in total. The Hall–Kier alpha value is -0.520. The van der Waals surface area contributed by atoms with E-state index in [1.807, 2.05) is 28.4 Å². The number of carbonyl (C=O) groups excluding carboxylic acids is 1. The summed E-state index contributed by atoms with van der Waals surface area (Å²) in [6.45, 7) is 8.07. The molecule has 0 aliphatic carbocycles. The number of amides is 1. The molecule has 0 fully saturated rings. The maximum absolute atomic E-state index is 10.9. The molecule has 0 bridgehead atoms. The standard InChI is InChI=1S/C12H16NOTe/c1-8(14)13-10-6-5-9(7-11(10)15)12(2,3)4/h5-7H,1-4H3,(H,13,14). The first-order valence-corrected chi connectivity index (χ1v) is 6.06. The van der Waals surface area contributed by atoms with Crippen LogP contribution in [0.15, 0.2) is 18.2 Å². The number of carbonyl (C=O) groups is 1. The van der Waals surface area contributed by atoms with Gasteiger partial charge in [0.25, 0.3) is 0 Å². The normalized spacial score (nSPS) is 11.2. The summed E-state index contributed by atoms with van der Waals surface area (Å²) in [5.74, 6) is -0.0247. The van der Waals surface area contributed by atoms with Crippen LogP contribution < -0.4 is 8.93 Å². The fraction of sp³-hybridized carbons (Fsp3) is 0.417. The van der Waals surface area contributed by atoms with E-state index in [0.717, 1.165) is 9.30 Å². The van der Waals surface area contributed by atoms with Gasteiger partial charge in [-0.2, -0.15) is 0 Å². The van der Waals surface area contributed by atoms with E-state index in [0.29, 0.717) is 0 Å². The Labute approximate surface area is 104 Å².